The number of nitrogens with two attached hydrogens (primary N) is 2. The van der Waals surface area contributed by atoms with E-state index in [1.807, 2.05) is 18.2 Å². The number of amides is 3. The first-order valence-electron chi connectivity index (χ1n) is 12.4. The number of hydrogen-bond acceptors (Lipinski definition) is 8. The van der Waals surface area contributed by atoms with Crippen molar-refractivity contribution in [2.24, 2.45) is 16.5 Å². The van der Waals surface area contributed by atoms with Crippen LogP contribution in [0.5, 0.6) is 5.75 Å². The van der Waals surface area contributed by atoms with Crippen molar-refractivity contribution in [1.29, 1.82) is 0 Å². The van der Waals surface area contributed by atoms with Crippen LogP contribution in [-0.2, 0) is 14.4 Å². The van der Waals surface area contributed by atoms with Crippen LogP contribution in [0.15, 0.2) is 46.9 Å². The van der Waals surface area contributed by atoms with Crippen LogP contribution < -0.4 is 21.5 Å². The fraction of sp³-hybridized carbons (Fsp3) is 0.440. The van der Waals surface area contributed by atoms with Gasteiger partial charge in [-0.2, -0.15) is 0 Å². The fourth-order valence-corrected chi connectivity index (χ4v) is 5.37. The molecule has 0 aliphatic carbocycles. The van der Waals surface area contributed by atoms with Crippen molar-refractivity contribution in [3.8, 4) is 5.75 Å². The first kappa shape index (κ1) is 27.0. The highest BCUT2D eigenvalue weighted by molar-refractivity contribution is 7.11. The average Bonchev–Trinajstić information content (AvgIpc) is 3.60. The highest BCUT2D eigenvalue weighted by Crippen LogP contribution is 2.29. The molecule has 4 rings (SSSR count). The molecule has 12 nitrogen and oxygen atoms in total. The number of hydrogen-bond donors (Lipinski definition) is 3. The van der Waals surface area contributed by atoms with Crippen molar-refractivity contribution >= 4 is 40.8 Å². The molecule has 202 valence electrons. The third-order valence-corrected chi connectivity index (χ3v) is 7.32. The van der Waals surface area contributed by atoms with Crippen molar-refractivity contribution in [3.05, 3.63) is 46.9 Å². The number of guanidine groups is 1. The lowest BCUT2D eigenvalue weighted by Gasteiger charge is -2.39. The van der Waals surface area contributed by atoms with Crippen LogP contribution in [0.3, 0.4) is 0 Å². The van der Waals surface area contributed by atoms with E-state index in [1.165, 1.54) is 22.4 Å². The van der Waals surface area contributed by atoms with Crippen LogP contribution in [0.1, 0.15) is 35.5 Å². The summed E-state index contributed by atoms with van der Waals surface area (Å²) in [7, 11) is 0. The van der Waals surface area contributed by atoms with Gasteiger partial charge in [-0.15, -0.1) is 11.3 Å². The second-order valence-electron chi connectivity index (χ2n) is 9.14. The third-order valence-electron chi connectivity index (χ3n) is 6.53. The highest BCUT2D eigenvalue weighted by atomic mass is 32.1. The van der Waals surface area contributed by atoms with E-state index < -0.39 is 18.0 Å². The van der Waals surface area contributed by atoms with Gasteiger partial charge in [0.2, 0.25) is 17.6 Å². The smallest absolute Gasteiger partial charge is 0.261 e. The standard InChI is InChI=1S/C25H31N7O5S/c26-25(27)29-10-4-7-18(22(35)24-28-11-12-38-24)30-23(36)19-9-8-16-13-31(14-20(33)32(16)19)21(34)15-37-17-5-2-1-3-6-17/h1-3,5-6,11-12,16,18-19H,4,7-10,13-15H2,(H,30,36)(H4,26,27,29)/t16-,18?,19?/m0/s1. The number of para-hydroxylation sites is 1. The molecule has 2 aromatic rings. The third kappa shape index (κ3) is 6.65. The predicted octanol–water partition coefficient (Wildman–Crippen LogP) is 0.145. The molecule has 2 aliphatic heterocycles. The summed E-state index contributed by atoms with van der Waals surface area (Å²) in [5.41, 5.74) is 10.7. The van der Waals surface area contributed by atoms with E-state index in [9.17, 15) is 19.2 Å². The summed E-state index contributed by atoms with van der Waals surface area (Å²) in [6, 6.07) is 7.17. The molecule has 0 bridgehead atoms. The molecule has 5 N–H and O–H groups in total. The minimum Gasteiger partial charge on any atom is -0.484 e. The van der Waals surface area contributed by atoms with Crippen LogP contribution in [0, 0.1) is 0 Å². The number of aromatic nitrogens is 1. The zero-order valence-corrected chi connectivity index (χ0v) is 21.6. The number of carbonyl (C=O) groups is 4. The second kappa shape index (κ2) is 12.5. The minimum atomic E-state index is -0.824. The molecule has 1 aromatic carbocycles. The van der Waals surface area contributed by atoms with Gasteiger partial charge in [0.25, 0.3) is 5.91 Å². The summed E-state index contributed by atoms with van der Waals surface area (Å²) in [6.45, 7) is 0.339. The molecule has 3 amide bonds. The van der Waals surface area contributed by atoms with Crippen molar-refractivity contribution in [2.45, 2.75) is 43.8 Å². The average molecular weight is 542 g/mol. The number of nitrogens with zero attached hydrogens (tertiary/aromatic N) is 4. The lowest BCUT2D eigenvalue weighted by molar-refractivity contribution is -0.151. The molecule has 3 heterocycles. The molecule has 0 spiro atoms. The zero-order valence-electron chi connectivity index (χ0n) is 20.8. The van der Waals surface area contributed by atoms with Gasteiger partial charge in [-0.05, 0) is 37.8 Å². The largest absolute Gasteiger partial charge is 0.484 e. The molecule has 0 saturated carbocycles. The molecule has 2 unspecified atom stereocenters. The van der Waals surface area contributed by atoms with Crippen LogP contribution in [0.25, 0.3) is 0 Å². The van der Waals surface area contributed by atoms with Gasteiger partial charge in [-0.1, -0.05) is 18.2 Å². The van der Waals surface area contributed by atoms with E-state index in [0.717, 1.165) is 0 Å². The lowest BCUT2D eigenvalue weighted by atomic mass is 10.1. The Morgan fingerprint density at radius 2 is 2.00 bits per heavy atom. The monoisotopic (exact) mass is 541 g/mol. The number of nitrogens with one attached hydrogen (secondary N) is 1. The van der Waals surface area contributed by atoms with Crippen molar-refractivity contribution in [2.75, 3.05) is 26.2 Å². The predicted molar refractivity (Wildman–Crippen MR) is 140 cm³/mol. The molecule has 13 heteroatoms. The van der Waals surface area contributed by atoms with Gasteiger partial charge in [0, 0.05) is 24.7 Å². The summed E-state index contributed by atoms with van der Waals surface area (Å²) in [6.07, 6.45) is 3.33. The number of ketones is 1. The van der Waals surface area contributed by atoms with E-state index in [0.29, 0.717) is 49.5 Å². The van der Waals surface area contributed by atoms with Gasteiger partial charge in [0.1, 0.15) is 11.8 Å². The van der Waals surface area contributed by atoms with Gasteiger partial charge in [0.15, 0.2) is 17.6 Å². The number of carbonyl (C=O) groups excluding carboxylic acids is 4. The molecule has 0 radical (unpaired) electrons. The maximum absolute atomic E-state index is 13.3. The lowest BCUT2D eigenvalue weighted by Crippen LogP contribution is -2.61. The summed E-state index contributed by atoms with van der Waals surface area (Å²) >= 11 is 1.20. The van der Waals surface area contributed by atoms with Gasteiger partial charge < -0.3 is 31.3 Å². The van der Waals surface area contributed by atoms with Crippen molar-refractivity contribution < 1.29 is 23.9 Å². The van der Waals surface area contributed by atoms with Crippen LogP contribution in [0.2, 0.25) is 0 Å². The fourth-order valence-electron chi connectivity index (χ4n) is 4.74. The molecule has 1 aromatic heterocycles. The number of Topliss-reactive ketones (excluding diaryl/α,β-unsaturated/α-hetero) is 1. The molecule has 2 saturated heterocycles. The molecule has 2 fully saturated rings. The SMILES string of the molecule is NC(N)=NCCCC(NC(=O)C1CC[C@H]2CN(C(=O)COc3ccccc3)CC(=O)N12)C(=O)c1nccs1. The first-order chi connectivity index (χ1) is 18.3. The van der Waals surface area contributed by atoms with Gasteiger partial charge in [0.05, 0.1) is 18.6 Å². The number of rotatable bonds is 11. The second-order valence-corrected chi connectivity index (χ2v) is 10.0. The Morgan fingerprint density at radius 1 is 1.21 bits per heavy atom. The Bertz CT molecular complexity index is 1170. The quantitative estimate of drug-likeness (QED) is 0.156. The minimum absolute atomic E-state index is 0.0448. The normalized spacial score (nSPS) is 19.4. The Hall–Kier alpha value is -4.00. The van der Waals surface area contributed by atoms with Crippen LogP contribution >= 0.6 is 11.3 Å². The molecule has 3 atom stereocenters. The molecule has 2 aliphatic rings. The van der Waals surface area contributed by atoms with E-state index in [2.05, 4.69) is 15.3 Å². The topological polar surface area (TPSA) is 173 Å². The van der Waals surface area contributed by atoms with Gasteiger partial charge >= 0.3 is 0 Å². The van der Waals surface area contributed by atoms with E-state index in [4.69, 9.17) is 16.2 Å². The Kier molecular flexibility index (Phi) is 8.89. The maximum atomic E-state index is 13.3. The van der Waals surface area contributed by atoms with Gasteiger partial charge in [-0.3, -0.25) is 24.2 Å². The zero-order chi connectivity index (χ0) is 27.1. The van der Waals surface area contributed by atoms with Gasteiger partial charge in [-0.25, -0.2) is 4.98 Å². The maximum Gasteiger partial charge on any atom is 0.261 e. The highest BCUT2D eigenvalue weighted by Gasteiger charge is 2.46. The number of fused-ring (bicyclic) bond motifs is 1. The summed E-state index contributed by atoms with van der Waals surface area (Å²) in [5, 5.41) is 4.82. The number of thiazole rings is 1. The summed E-state index contributed by atoms with van der Waals surface area (Å²) in [4.78, 5) is 63.1. The molecule has 38 heavy (non-hydrogen) atoms. The number of benzene rings is 1. The van der Waals surface area contributed by atoms with Crippen molar-refractivity contribution in [3.63, 3.8) is 0 Å². The van der Waals surface area contributed by atoms with Crippen LogP contribution in [0.4, 0.5) is 0 Å². The number of ether oxygens (including phenoxy) is 1. The molecular weight excluding hydrogens is 510 g/mol. The van der Waals surface area contributed by atoms with Crippen molar-refractivity contribution in [1.82, 2.24) is 20.1 Å². The van der Waals surface area contributed by atoms with E-state index in [1.54, 1.807) is 22.4 Å². The van der Waals surface area contributed by atoms with Crippen LogP contribution in [-0.4, -0.2) is 88.6 Å². The van der Waals surface area contributed by atoms with E-state index >= 15 is 0 Å². The Morgan fingerprint density at radius 3 is 2.71 bits per heavy atom. The Labute approximate surface area is 224 Å². The summed E-state index contributed by atoms with van der Waals surface area (Å²) < 4.78 is 5.54. The number of piperazine rings is 1. The number of aliphatic imine (C=N–C) groups is 1. The van der Waals surface area contributed by atoms with E-state index in [-0.39, 0.29) is 42.8 Å². The molecular formula is C25H31N7O5S. The Balaban J connectivity index is 1.36. The first-order valence-corrected chi connectivity index (χ1v) is 13.3. The summed E-state index contributed by atoms with van der Waals surface area (Å²) in [5.74, 6) is -0.759.